The second-order valence-electron chi connectivity index (χ2n) is 6.36. The molecule has 23 heavy (non-hydrogen) atoms. The Balaban J connectivity index is 1.62. The number of aliphatic hydroxyl groups excluding tert-OH is 1. The number of nitrogens with two attached hydrogens (primary N) is 1. The molecule has 1 aromatic heterocycles. The molecule has 0 aliphatic carbocycles. The van der Waals surface area contributed by atoms with Crippen LogP contribution in [0.3, 0.4) is 0 Å². The van der Waals surface area contributed by atoms with Gasteiger partial charge in [-0.15, -0.1) is 11.3 Å². The van der Waals surface area contributed by atoms with E-state index in [0.717, 1.165) is 36.5 Å². The van der Waals surface area contributed by atoms with E-state index in [1.807, 2.05) is 0 Å². The number of aliphatic imine (C=N–C) groups is 1. The quantitative estimate of drug-likeness (QED) is 0.911. The lowest BCUT2D eigenvalue weighted by molar-refractivity contribution is 0.153. The summed E-state index contributed by atoms with van der Waals surface area (Å²) in [5.74, 6) is 0.625. The first-order chi connectivity index (χ1) is 11.2. The molecule has 1 unspecified atom stereocenters. The molecule has 2 aliphatic rings. The zero-order chi connectivity index (χ0) is 15.8. The van der Waals surface area contributed by atoms with Gasteiger partial charge in [0.2, 0.25) is 0 Å². The average Bonchev–Trinajstić information content (AvgIpc) is 3.16. The van der Waals surface area contributed by atoms with Crippen LogP contribution in [0.5, 0.6) is 0 Å². The van der Waals surface area contributed by atoms with Crippen molar-refractivity contribution in [1.29, 1.82) is 0 Å². The summed E-state index contributed by atoms with van der Waals surface area (Å²) in [6, 6.07) is 8.97. The summed E-state index contributed by atoms with van der Waals surface area (Å²) >= 11 is 1.66. The van der Waals surface area contributed by atoms with Crippen molar-refractivity contribution in [2.45, 2.75) is 31.8 Å². The highest BCUT2D eigenvalue weighted by Crippen LogP contribution is 2.32. The van der Waals surface area contributed by atoms with Gasteiger partial charge in [-0.25, -0.2) is 4.99 Å². The van der Waals surface area contributed by atoms with Crippen LogP contribution in [0.1, 0.15) is 34.4 Å². The second kappa shape index (κ2) is 6.07. The fourth-order valence-corrected chi connectivity index (χ4v) is 4.42. The highest BCUT2D eigenvalue weighted by molar-refractivity contribution is 7.12. The fourth-order valence-electron chi connectivity index (χ4n) is 3.59. The molecule has 1 saturated heterocycles. The van der Waals surface area contributed by atoms with E-state index in [9.17, 15) is 5.11 Å². The van der Waals surface area contributed by atoms with E-state index in [2.05, 4.69) is 39.5 Å². The number of thiophene rings is 1. The number of nitrogens with zero attached hydrogens (tertiary/aromatic N) is 2. The second-order valence-corrected chi connectivity index (χ2v) is 7.28. The van der Waals surface area contributed by atoms with Crippen molar-refractivity contribution in [2.75, 3.05) is 13.2 Å². The fraction of sp³-hybridized carbons (Fsp3) is 0.389. The van der Waals surface area contributed by atoms with Crippen molar-refractivity contribution < 1.29 is 5.11 Å². The predicted molar refractivity (Wildman–Crippen MR) is 94.5 cm³/mol. The highest BCUT2D eigenvalue weighted by atomic mass is 32.1. The van der Waals surface area contributed by atoms with E-state index < -0.39 is 0 Å². The maximum Gasteiger partial charge on any atom is 0.141 e. The lowest BCUT2D eigenvalue weighted by Gasteiger charge is -2.23. The summed E-state index contributed by atoms with van der Waals surface area (Å²) in [7, 11) is 0. The third-order valence-corrected chi connectivity index (χ3v) is 5.83. The molecule has 0 saturated carbocycles. The third kappa shape index (κ3) is 2.80. The van der Waals surface area contributed by atoms with Crippen LogP contribution in [-0.2, 0) is 13.0 Å². The molecule has 0 spiro atoms. The largest absolute Gasteiger partial charge is 0.395 e. The van der Waals surface area contributed by atoms with Gasteiger partial charge in [-0.05, 0) is 53.6 Å². The Labute approximate surface area is 140 Å². The molecule has 3 N–H and O–H groups in total. The Morgan fingerprint density at radius 2 is 2.22 bits per heavy atom. The van der Waals surface area contributed by atoms with Crippen LogP contribution in [0, 0.1) is 0 Å². The van der Waals surface area contributed by atoms with Crippen LogP contribution in [0.4, 0.5) is 5.69 Å². The Morgan fingerprint density at radius 3 is 3.09 bits per heavy atom. The molecule has 1 atom stereocenters. The summed E-state index contributed by atoms with van der Waals surface area (Å²) < 4.78 is 0. The third-order valence-electron chi connectivity index (χ3n) is 4.85. The van der Waals surface area contributed by atoms with Gasteiger partial charge in [0.25, 0.3) is 0 Å². The summed E-state index contributed by atoms with van der Waals surface area (Å²) in [5, 5.41) is 11.6. The van der Waals surface area contributed by atoms with Gasteiger partial charge >= 0.3 is 0 Å². The van der Waals surface area contributed by atoms with E-state index in [1.54, 1.807) is 11.3 Å². The first kappa shape index (κ1) is 14.9. The van der Waals surface area contributed by atoms with Gasteiger partial charge in [0, 0.05) is 19.0 Å². The number of hydrogen-bond acceptors (Lipinski definition) is 5. The van der Waals surface area contributed by atoms with Crippen LogP contribution in [0.2, 0.25) is 0 Å². The van der Waals surface area contributed by atoms with Crippen molar-refractivity contribution in [1.82, 2.24) is 4.90 Å². The van der Waals surface area contributed by atoms with E-state index in [0.29, 0.717) is 11.9 Å². The molecular weight excluding hydrogens is 306 g/mol. The van der Waals surface area contributed by atoms with Crippen LogP contribution >= 0.6 is 11.3 Å². The van der Waals surface area contributed by atoms with Gasteiger partial charge < -0.3 is 10.8 Å². The van der Waals surface area contributed by atoms with Crippen molar-refractivity contribution in [3.8, 4) is 0 Å². The molecule has 120 valence electrons. The first-order valence-electron chi connectivity index (χ1n) is 8.12. The number of likely N-dealkylation sites (tertiary alicyclic amines) is 1. The molecule has 0 amide bonds. The number of amidine groups is 1. The number of rotatable bonds is 3. The van der Waals surface area contributed by atoms with E-state index >= 15 is 0 Å². The number of benzene rings is 1. The monoisotopic (exact) mass is 327 g/mol. The van der Waals surface area contributed by atoms with Gasteiger partial charge in [-0.2, -0.15) is 0 Å². The van der Waals surface area contributed by atoms with E-state index in [4.69, 9.17) is 5.73 Å². The molecular formula is C18H21N3OS. The van der Waals surface area contributed by atoms with Gasteiger partial charge in [0.05, 0.1) is 17.2 Å². The minimum Gasteiger partial charge on any atom is -0.395 e. The van der Waals surface area contributed by atoms with Crippen molar-refractivity contribution >= 4 is 22.9 Å². The van der Waals surface area contributed by atoms with E-state index in [-0.39, 0.29) is 6.61 Å². The maximum absolute atomic E-state index is 9.48. The highest BCUT2D eigenvalue weighted by Gasteiger charge is 2.24. The zero-order valence-electron chi connectivity index (χ0n) is 13.0. The Kier molecular flexibility index (Phi) is 3.93. The van der Waals surface area contributed by atoms with Crippen LogP contribution in [-0.4, -0.2) is 35.0 Å². The minimum absolute atomic E-state index is 0.246. The summed E-state index contributed by atoms with van der Waals surface area (Å²) in [6.45, 7) is 2.18. The molecule has 0 bridgehead atoms. The number of aliphatic hydroxyl groups is 1. The number of hydrogen-bond donors (Lipinski definition) is 2. The Bertz CT molecular complexity index is 752. The molecule has 0 radical (unpaired) electrons. The normalized spacial score (nSPS) is 20.7. The lowest BCUT2D eigenvalue weighted by Crippen LogP contribution is -2.31. The molecule has 5 heteroatoms. The molecule has 1 fully saturated rings. The van der Waals surface area contributed by atoms with Crippen molar-refractivity contribution in [3.05, 3.63) is 51.2 Å². The Hall–Kier alpha value is -1.69. The average molecular weight is 327 g/mol. The topological polar surface area (TPSA) is 61.8 Å². The maximum atomic E-state index is 9.48. The van der Waals surface area contributed by atoms with Crippen LogP contribution in [0.25, 0.3) is 0 Å². The summed E-state index contributed by atoms with van der Waals surface area (Å²) in [6.07, 6.45) is 3.15. The van der Waals surface area contributed by atoms with Crippen LogP contribution in [0.15, 0.2) is 34.6 Å². The smallest absolute Gasteiger partial charge is 0.141 e. The SMILES string of the molecule is NC1=Nc2cc(CN3CCCC3CO)ccc2Cc2ccsc21. The van der Waals surface area contributed by atoms with E-state index in [1.165, 1.54) is 23.1 Å². The molecule has 4 nitrogen and oxygen atoms in total. The molecule has 3 heterocycles. The van der Waals surface area contributed by atoms with Crippen LogP contribution < -0.4 is 5.73 Å². The lowest BCUT2D eigenvalue weighted by atomic mass is 10.0. The minimum atomic E-state index is 0.246. The van der Waals surface area contributed by atoms with Gasteiger partial charge in [-0.3, -0.25) is 4.90 Å². The van der Waals surface area contributed by atoms with Gasteiger partial charge in [0.1, 0.15) is 5.84 Å². The standard InChI is InChI=1S/C18H21N3OS/c19-18-17-14(5-7-23-17)9-13-4-3-12(8-16(13)20-18)10-21-6-1-2-15(21)11-22/h3-5,7-8,15,22H,1-2,6,9-11H2,(H2,19,20). The molecule has 2 aromatic rings. The number of fused-ring (bicyclic) bond motifs is 2. The van der Waals surface area contributed by atoms with Gasteiger partial charge in [-0.1, -0.05) is 12.1 Å². The Morgan fingerprint density at radius 1 is 1.30 bits per heavy atom. The van der Waals surface area contributed by atoms with Gasteiger partial charge in [0.15, 0.2) is 0 Å². The van der Waals surface area contributed by atoms with Crippen molar-refractivity contribution in [2.24, 2.45) is 10.7 Å². The molecule has 1 aromatic carbocycles. The van der Waals surface area contributed by atoms with Crippen molar-refractivity contribution in [3.63, 3.8) is 0 Å². The molecule has 2 aliphatic heterocycles. The molecule has 4 rings (SSSR count). The predicted octanol–water partition coefficient (Wildman–Crippen LogP) is 2.65. The first-order valence-corrected chi connectivity index (χ1v) is 9.00. The summed E-state index contributed by atoms with van der Waals surface area (Å²) in [5.41, 5.74) is 10.9. The summed E-state index contributed by atoms with van der Waals surface area (Å²) in [4.78, 5) is 8.13. The zero-order valence-corrected chi connectivity index (χ0v) is 13.9.